The number of thioether (sulfide) groups is 1. The molecule has 2 nitrogen and oxygen atoms in total. The molecule has 0 aliphatic carbocycles. The van der Waals surface area contributed by atoms with Crippen molar-refractivity contribution in [2.75, 3.05) is 31.6 Å². The molecule has 15 heavy (non-hydrogen) atoms. The van der Waals surface area contributed by atoms with Crippen LogP contribution in [0.5, 0.6) is 0 Å². The number of hydrogen-bond donors (Lipinski definition) is 1. The van der Waals surface area contributed by atoms with E-state index in [1.807, 2.05) is 6.08 Å². The van der Waals surface area contributed by atoms with Crippen molar-refractivity contribution in [2.45, 2.75) is 31.8 Å². The van der Waals surface area contributed by atoms with Crippen molar-refractivity contribution >= 4 is 11.8 Å². The first-order valence-corrected chi connectivity index (χ1v) is 7.07. The second-order valence-corrected chi connectivity index (χ2v) is 5.30. The number of likely N-dealkylation sites (N-methyl/N-ethyl adjacent to an activating group) is 2. The first-order valence-electron chi connectivity index (χ1n) is 5.91. The van der Waals surface area contributed by atoms with Crippen LogP contribution in [-0.4, -0.2) is 48.6 Å². The molecule has 0 radical (unpaired) electrons. The smallest absolute Gasteiger partial charge is 0.0337 e. The maximum Gasteiger partial charge on any atom is 0.0337 e. The van der Waals surface area contributed by atoms with Crippen LogP contribution in [0.25, 0.3) is 0 Å². The summed E-state index contributed by atoms with van der Waals surface area (Å²) in [5.41, 5.74) is 0. The average molecular weight is 228 g/mol. The molecule has 0 amide bonds. The van der Waals surface area contributed by atoms with E-state index < -0.39 is 0 Å². The molecule has 1 aliphatic heterocycles. The summed E-state index contributed by atoms with van der Waals surface area (Å²) in [4.78, 5) is 2.51. The Bertz CT molecular complexity index is 184. The van der Waals surface area contributed by atoms with Crippen molar-refractivity contribution in [3.05, 3.63) is 12.7 Å². The quantitative estimate of drug-likeness (QED) is 0.700. The Hall–Kier alpha value is 0.01000. The summed E-state index contributed by atoms with van der Waals surface area (Å²) in [6.07, 6.45) is 4.36. The van der Waals surface area contributed by atoms with E-state index in [4.69, 9.17) is 0 Å². The number of nitrogens with one attached hydrogen (secondary N) is 1. The SMILES string of the molecule is C=CCCC(NCC)C1CSCCN1C. The van der Waals surface area contributed by atoms with Crippen molar-refractivity contribution in [2.24, 2.45) is 0 Å². The Labute approximate surface area is 98.5 Å². The minimum atomic E-state index is 0.630. The first-order chi connectivity index (χ1) is 7.29. The minimum Gasteiger partial charge on any atom is -0.313 e. The molecule has 1 fully saturated rings. The third-order valence-electron chi connectivity index (χ3n) is 3.06. The summed E-state index contributed by atoms with van der Waals surface area (Å²) in [5, 5.41) is 3.61. The molecule has 0 bridgehead atoms. The lowest BCUT2D eigenvalue weighted by atomic mass is 10.0. The zero-order chi connectivity index (χ0) is 11.1. The fraction of sp³-hybridized carbons (Fsp3) is 0.833. The van der Waals surface area contributed by atoms with Gasteiger partial charge in [-0.05, 0) is 26.4 Å². The summed E-state index contributed by atoms with van der Waals surface area (Å²) in [6, 6.07) is 1.33. The molecule has 2 unspecified atom stereocenters. The molecule has 0 aromatic heterocycles. The lowest BCUT2D eigenvalue weighted by molar-refractivity contribution is 0.210. The monoisotopic (exact) mass is 228 g/mol. The van der Waals surface area contributed by atoms with Crippen LogP contribution in [-0.2, 0) is 0 Å². The minimum absolute atomic E-state index is 0.630. The molecule has 2 atom stereocenters. The highest BCUT2D eigenvalue weighted by atomic mass is 32.2. The van der Waals surface area contributed by atoms with Crippen LogP contribution in [0.15, 0.2) is 12.7 Å². The van der Waals surface area contributed by atoms with Gasteiger partial charge in [-0.1, -0.05) is 13.0 Å². The van der Waals surface area contributed by atoms with Gasteiger partial charge in [0.15, 0.2) is 0 Å². The van der Waals surface area contributed by atoms with E-state index in [2.05, 4.69) is 42.5 Å². The average Bonchev–Trinajstić information content (AvgIpc) is 2.25. The van der Waals surface area contributed by atoms with Gasteiger partial charge in [0.25, 0.3) is 0 Å². The number of allylic oxidation sites excluding steroid dienone is 1. The second kappa shape index (κ2) is 7.31. The molecule has 1 N–H and O–H groups in total. The summed E-state index contributed by atoms with van der Waals surface area (Å²) in [6.45, 7) is 8.30. The molecule has 1 saturated heterocycles. The molecule has 0 saturated carbocycles. The summed E-state index contributed by atoms with van der Waals surface area (Å²) in [5.74, 6) is 2.55. The third-order valence-corrected chi connectivity index (χ3v) is 4.10. The maximum atomic E-state index is 3.81. The van der Waals surface area contributed by atoms with Crippen molar-refractivity contribution in [3.8, 4) is 0 Å². The lowest BCUT2D eigenvalue weighted by Crippen LogP contribution is -2.52. The van der Waals surface area contributed by atoms with Crippen molar-refractivity contribution in [3.63, 3.8) is 0 Å². The predicted molar refractivity (Wildman–Crippen MR) is 70.6 cm³/mol. The van der Waals surface area contributed by atoms with Gasteiger partial charge in [0.2, 0.25) is 0 Å². The summed E-state index contributed by atoms with van der Waals surface area (Å²) in [7, 11) is 2.25. The van der Waals surface area contributed by atoms with Gasteiger partial charge in [0.1, 0.15) is 0 Å². The molecule has 0 aromatic carbocycles. The van der Waals surface area contributed by atoms with Gasteiger partial charge in [-0.15, -0.1) is 6.58 Å². The van der Waals surface area contributed by atoms with Crippen LogP contribution in [0.3, 0.4) is 0 Å². The number of rotatable bonds is 6. The Morgan fingerprint density at radius 2 is 2.47 bits per heavy atom. The van der Waals surface area contributed by atoms with Gasteiger partial charge >= 0.3 is 0 Å². The van der Waals surface area contributed by atoms with Gasteiger partial charge in [0.05, 0.1) is 0 Å². The maximum absolute atomic E-state index is 3.81. The Morgan fingerprint density at radius 3 is 3.07 bits per heavy atom. The van der Waals surface area contributed by atoms with E-state index in [-0.39, 0.29) is 0 Å². The molecule has 3 heteroatoms. The molecule has 1 aliphatic rings. The van der Waals surface area contributed by atoms with E-state index >= 15 is 0 Å². The first kappa shape index (κ1) is 13.1. The van der Waals surface area contributed by atoms with Crippen LogP contribution in [0.2, 0.25) is 0 Å². The Kier molecular flexibility index (Phi) is 6.37. The zero-order valence-corrected chi connectivity index (χ0v) is 10.9. The van der Waals surface area contributed by atoms with Crippen LogP contribution in [0, 0.1) is 0 Å². The molecule has 0 spiro atoms. The van der Waals surface area contributed by atoms with Crippen LogP contribution >= 0.6 is 11.8 Å². The highest BCUT2D eigenvalue weighted by Gasteiger charge is 2.26. The predicted octanol–water partition coefficient (Wildman–Crippen LogP) is 1.98. The van der Waals surface area contributed by atoms with Gasteiger partial charge in [-0.2, -0.15) is 11.8 Å². The highest BCUT2D eigenvalue weighted by Crippen LogP contribution is 2.19. The lowest BCUT2D eigenvalue weighted by Gasteiger charge is -2.38. The topological polar surface area (TPSA) is 15.3 Å². The molecule has 88 valence electrons. The number of nitrogens with zero attached hydrogens (tertiary/aromatic N) is 1. The van der Waals surface area contributed by atoms with E-state index in [0.717, 1.165) is 13.0 Å². The van der Waals surface area contributed by atoms with Crippen LogP contribution in [0.1, 0.15) is 19.8 Å². The highest BCUT2D eigenvalue weighted by molar-refractivity contribution is 7.99. The van der Waals surface area contributed by atoms with Crippen molar-refractivity contribution in [1.29, 1.82) is 0 Å². The van der Waals surface area contributed by atoms with Crippen LogP contribution < -0.4 is 5.32 Å². The molecule has 1 rings (SSSR count). The van der Waals surface area contributed by atoms with E-state index in [0.29, 0.717) is 12.1 Å². The van der Waals surface area contributed by atoms with Gasteiger partial charge in [0, 0.05) is 30.1 Å². The molecular weight excluding hydrogens is 204 g/mol. The fourth-order valence-corrected chi connectivity index (χ4v) is 3.43. The largest absolute Gasteiger partial charge is 0.313 e. The van der Waals surface area contributed by atoms with Gasteiger partial charge in [-0.3, -0.25) is 0 Å². The van der Waals surface area contributed by atoms with Gasteiger partial charge in [-0.25, -0.2) is 0 Å². The molecular formula is C12H24N2S. The summed E-state index contributed by atoms with van der Waals surface area (Å²) < 4.78 is 0. The standard InChI is InChI=1S/C12H24N2S/c1-4-6-7-11(13-5-2)12-10-15-9-8-14(12)3/h4,11-13H,1,5-10H2,2-3H3. The molecule has 1 heterocycles. The Morgan fingerprint density at radius 1 is 1.67 bits per heavy atom. The fourth-order valence-electron chi connectivity index (χ4n) is 2.12. The zero-order valence-electron chi connectivity index (χ0n) is 10.0. The molecule has 0 aromatic rings. The Balaban J connectivity index is 2.47. The summed E-state index contributed by atoms with van der Waals surface area (Å²) >= 11 is 2.09. The van der Waals surface area contributed by atoms with Crippen molar-refractivity contribution < 1.29 is 0 Å². The third kappa shape index (κ3) is 4.17. The normalized spacial score (nSPS) is 25.1. The van der Waals surface area contributed by atoms with Crippen LogP contribution in [0.4, 0.5) is 0 Å². The van der Waals surface area contributed by atoms with E-state index in [9.17, 15) is 0 Å². The van der Waals surface area contributed by atoms with E-state index in [1.165, 1.54) is 24.5 Å². The van der Waals surface area contributed by atoms with E-state index in [1.54, 1.807) is 0 Å². The second-order valence-electron chi connectivity index (χ2n) is 4.15. The number of hydrogen-bond acceptors (Lipinski definition) is 3. The van der Waals surface area contributed by atoms with Gasteiger partial charge < -0.3 is 10.2 Å². The van der Waals surface area contributed by atoms with Crippen molar-refractivity contribution in [1.82, 2.24) is 10.2 Å².